The van der Waals surface area contributed by atoms with Gasteiger partial charge in [0.05, 0.1) is 5.54 Å². The molecule has 4 nitrogen and oxygen atoms in total. The Kier molecular flexibility index (Phi) is 5.68. The number of para-hydroxylation sites is 1. The minimum atomic E-state index is -0.177. The number of nitrogens with one attached hydrogen (secondary N) is 1. The van der Waals surface area contributed by atoms with Gasteiger partial charge in [-0.2, -0.15) is 5.10 Å². The normalized spacial score (nSPS) is 11.6. The molecule has 0 fully saturated rings. The smallest absolute Gasteiger partial charge is 0.276 e. The van der Waals surface area contributed by atoms with E-state index in [1.807, 2.05) is 47.1 Å². The summed E-state index contributed by atoms with van der Waals surface area (Å²) in [6.45, 7) is 10.5. The van der Waals surface area contributed by atoms with Crippen molar-refractivity contribution in [3.63, 3.8) is 0 Å². The summed E-state index contributed by atoms with van der Waals surface area (Å²) in [6.07, 6.45) is 0.769. The molecule has 1 aromatic heterocycles. The van der Waals surface area contributed by atoms with Crippen molar-refractivity contribution in [2.45, 2.75) is 52.5 Å². The Labute approximate surface area is 167 Å². The molecule has 0 saturated carbocycles. The van der Waals surface area contributed by atoms with Crippen molar-refractivity contribution < 1.29 is 4.79 Å². The number of anilines is 1. The molecule has 4 heteroatoms. The molecule has 3 aromatic rings. The third kappa shape index (κ3) is 4.50. The zero-order chi connectivity index (χ0) is 20.3. The second-order valence-corrected chi connectivity index (χ2v) is 8.47. The van der Waals surface area contributed by atoms with Crippen LogP contribution in [0.3, 0.4) is 0 Å². The number of carbonyl (C=O) groups excluding carboxylic acids is 1. The summed E-state index contributed by atoms with van der Waals surface area (Å²) in [6, 6.07) is 20.1. The fraction of sp³-hybridized carbons (Fsp3) is 0.333. The van der Waals surface area contributed by atoms with Crippen LogP contribution in [0.4, 0.5) is 5.69 Å². The van der Waals surface area contributed by atoms with Crippen molar-refractivity contribution in [2.75, 3.05) is 5.32 Å². The van der Waals surface area contributed by atoms with E-state index in [-0.39, 0.29) is 11.4 Å². The molecule has 0 unspecified atom stereocenters. The Hall–Kier alpha value is -2.88. The Bertz CT molecular complexity index is 949. The summed E-state index contributed by atoms with van der Waals surface area (Å²) in [5.41, 5.74) is 4.46. The zero-order valence-corrected chi connectivity index (χ0v) is 17.4. The van der Waals surface area contributed by atoms with Crippen LogP contribution in [-0.4, -0.2) is 15.7 Å². The van der Waals surface area contributed by atoms with E-state index in [4.69, 9.17) is 0 Å². The SMILES string of the molecule is CC(C)c1cc(C(=O)Nc2ccccc2Cc2ccccc2)nn1C(C)(C)C. The quantitative estimate of drug-likeness (QED) is 0.630. The maximum Gasteiger partial charge on any atom is 0.276 e. The maximum atomic E-state index is 12.9. The van der Waals surface area contributed by atoms with Gasteiger partial charge >= 0.3 is 0 Å². The fourth-order valence-corrected chi connectivity index (χ4v) is 3.25. The first-order valence-electron chi connectivity index (χ1n) is 9.79. The summed E-state index contributed by atoms with van der Waals surface area (Å²) >= 11 is 0. The number of hydrogen-bond donors (Lipinski definition) is 1. The second kappa shape index (κ2) is 8.01. The number of hydrogen-bond acceptors (Lipinski definition) is 2. The standard InChI is InChI=1S/C24H29N3O/c1-17(2)22-16-21(26-27(22)24(3,4)5)23(28)25-20-14-10-9-13-19(20)15-18-11-7-6-8-12-18/h6-14,16-17H,15H2,1-5H3,(H,25,28). The molecule has 146 valence electrons. The van der Waals surface area contributed by atoms with Crippen molar-refractivity contribution in [3.8, 4) is 0 Å². The minimum absolute atomic E-state index is 0.176. The van der Waals surface area contributed by atoms with Crippen LogP contribution >= 0.6 is 0 Å². The van der Waals surface area contributed by atoms with Crippen molar-refractivity contribution in [2.24, 2.45) is 0 Å². The Morgan fingerprint density at radius 1 is 1.04 bits per heavy atom. The third-order valence-electron chi connectivity index (χ3n) is 4.70. The number of carbonyl (C=O) groups is 1. The molecule has 28 heavy (non-hydrogen) atoms. The fourth-order valence-electron chi connectivity index (χ4n) is 3.25. The minimum Gasteiger partial charge on any atom is -0.320 e. The Morgan fingerprint density at radius 3 is 2.29 bits per heavy atom. The van der Waals surface area contributed by atoms with Gasteiger partial charge < -0.3 is 5.32 Å². The number of benzene rings is 2. The van der Waals surface area contributed by atoms with Gasteiger partial charge in [0, 0.05) is 11.4 Å². The van der Waals surface area contributed by atoms with E-state index in [9.17, 15) is 4.79 Å². The van der Waals surface area contributed by atoms with Crippen LogP contribution in [0.5, 0.6) is 0 Å². The summed E-state index contributed by atoms with van der Waals surface area (Å²) < 4.78 is 1.96. The number of aromatic nitrogens is 2. The number of nitrogens with zero attached hydrogens (tertiary/aromatic N) is 2. The van der Waals surface area contributed by atoms with Gasteiger partial charge in [0.25, 0.3) is 5.91 Å². The van der Waals surface area contributed by atoms with E-state index >= 15 is 0 Å². The summed E-state index contributed by atoms with van der Waals surface area (Å²) in [4.78, 5) is 12.9. The van der Waals surface area contributed by atoms with Gasteiger partial charge in [-0.05, 0) is 56.4 Å². The molecule has 1 heterocycles. The van der Waals surface area contributed by atoms with Gasteiger partial charge in [-0.3, -0.25) is 9.48 Å². The predicted octanol–water partition coefficient (Wildman–Crippen LogP) is 5.60. The van der Waals surface area contributed by atoms with Crippen molar-refractivity contribution in [1.82, 2.24) is 9.78 Å². The van der Waals surface area contributed by atoms with Gasteiger partial charge in [0.1, 0.15) is 0 Å². The predicted molar refractivity (Wildman–Crippen MR) is 115 cm³/mol. The highest BCUT2D eigenvalue weighted by Crippen LogP contribution is 2.25. The average Bonchev–Trinajstić information content (AvgIpc) is 3.11. The molecule has 1 N–H and O–H groups in total. The average molecular weight is 376 g/mol. The van der Waals surface area contributed by atoms with E-state index in [0.29, 0.717) is 11.6 Å². The molecule has 0 aliphatic carbocycles. The molecule has 1 amide bonds. The van der Waals surface area contributed by atoms with Crippen LogP contribution in [0.15, 0.2) is 60.7 Å². The van der Waals surface area contributed by atoms with Gasteiger partial charge in [-0.1, -0.05) is 62.4 Å². The molecule has 0 aliphatic rings. The summed E-state index contributed by atoms with van der Waals surface area (Å²) in [5, 5.41) is 7.68. The van der Waals surface area contributed by atoms with Crippen LogP contribution < -0.4 is 5.32 Å². The van der Waals surface area contributed by atoms with Gasteiger partial charge in [-0.25, -0.2) is 0 Å². The van der Waals surface area contributed by atoms with E-state index in [2.05, 4.69) is 63.2 Å². The molecule has 0 bridgehead atoms. The van der Waals surface area contributed by atoms with E-state index in [1.165, 1.54) is 5.56 Å². The molecule has 0 spiro atoms. The van der Waals surface area contributed by atoms with Crippen LogP contribution in [-0.2, 0) is 12.0 Å². The molecule has 0 atom stereocenters. The lowest BCUT2D eigenvalue weighted by Crippen LogP contribution is -2.26. The lowest BCUT2D eigenvalue weighted by atomic mass is 10.0. The van der Waals surface area contributed by atoms with Crippen LogP contribution in [0.2, 0.25) is 0 Å². The number of amides is 1. The van der Waals surface area contributed by atoms with E-state index in [0.717, 1.165) is 23.4 Å². The first-order chi connectivity index (χ1) is 13.3. The largest absolute Gasteiger partial charge is 0.320 e. The Balaban J connectivity index is 1.86. The maximum absolute atomic E-state index is 12.9. The van der Waals surface area contributed by atoms with E-state index in [1.54, 1.807) is 0 Å². The monoisotopic (exact) mass is 375 g/mol. The summed E-state index contributed by atoms with van der Waals surface area (Å²) in [7, 11) is 0. The van der Waals surface area contributed by atoms with Crippen molar-refractivity contribution in [1.29, 1.82) is 0 Å². The molecule has 0 saturated heterocycles. The second-order valence-electron chi connectivity index (χ2n) is 8.47. The Morgan fingerprint density at radius 2 is 1.68 bits per heavy atom. The molecular weight excluding hydrogens is 346 g/mol. The molecule has 0 aliphatic heterocycles. The first-order valence-corrected chi connectivity index (χ1v) is 9.79. The molecule has 2 aromatic carbocycles. The van der Waals surface area contributed by atoms with Crippen molar-refractivity contribution >= 4 is 11.6 Å². The number of rotatable bonds is 5. The van der Waals surface area contributed by atoms with Gasteiger partial charge in [-0.15, -0.1) is 0 Å². The third-order valence-corrected chi connectivity index (χ3v) is 4.70. The lowest BCUT2D eigenvalue weighted by molar-refractivity contribution is 0.102. The van der Waals surface area contributed by atoms with Gasteiger partial charge in [0.15, 0.2) is 5.69 Å². The topological polar surface area (TPSA) is 46.9 Å². The summed E-state index contributed by atoms with van der Waals surface area (Å²) in [5.74, 6) is 0.115. The van der Waals surface area contributed by atoms with Crippen LogP contribution in [0.25, 0.3) is 0 Å². The van der Waals surface area contributed by atoms with Crippen LogP contribution in [0, 0.1) is 0 Å². The molecule has 3 rings (SSSR count). The van der Waals surface area contributed by atoms with Crippen LogP contribution in [0.1, 0.15) is 67.8 Å². The zero-order valence-electron chi connectivity index (χ0n) is 17.4. The highest BCUT2D eigenvalue weighted by Gasteiger charge is 2.23. The van der Waals surface area contributed by atoms with Gasteiger partial charge in [0.2, 0.25) is 0 Å². The first kappa shape index (κ1) is 19.9. The lowest BCUT2D eigenvalue weighted by Gasteiger charge is -2.23. The van der Waals surface area contributed by atoms with E-state index < -0.39 is 0 Å². The highest BCUT2D eigenvalue weighted by atomic mass is 16.2. The molecule has 0 radical (unpaired) electrons. The highest BCUT2D eigenvalue weighted by molar-refractivity contribution is 6.03. The molecular formula is C24H29N3O. The van der Waals surface area contributed by atoms with Crippen molar-refractivity contribution in [3.05, 3.63) is 83.2 Å².